The van der Waals surface area contributed by atoms with E-state index in [1.165, 1.54) is 49.8 Å². The number of hydrogen-bond donors (Lipinski definition) is 1. The zero-order valence-corrected chi connectivity index (χ0v) is 12.7. The van der Waals surface area contributed by atoms with Gasteiger partial charge in [0.1, 0.15) is 0 Å². The molecule has 4 fully saturated rings. The smallest absolute Gasteiger partial charge is 0.0558 e. The summed E-state index contributed by atoms with van der Waals surface area (Å²) in [5, 5.41) is 3.80. The van der Waals surface area contributed by atoms with Gasteiger partial charge in [-0.3, -0.25) is 4.98 Å². The SMILES string of the molecule is Cc1ccncc1NC(C)C12CC3CC(CC(C3)C1)C2. The predicted molar refractivity (Wildman–Crippen MR) is 82.7 cm³/mol. The molecule has 1 heterocycles. The Morgan fingerprint density at radius 2 is 1.75 bits per heavy atom. The minimum Gasteiger partial charge on any atom is -0.381 e. The summed E-state index contributed by atoms with van der Waals surface area (Å²) in [6, 6.07) is 2.69. The van der Waals surface area contributed by atoms with E-state index in [1.54, 1.807) is 0 Å². The fourth-order valence-corrected chi connectivity index (χ4v) is 5.71. The van der Waals surface area contributed by atoms with Crippen LogP contribution in [0.3, 0.4) is 0 Å². The van der Waals surface area contributed by atoms with Gasteiger partial charge >= 0.3 is 0 Å². The third-order valence-electron chi connectivity index (χ3n) is 6.42. The molecule has 20 heavy (non-hydrogen) atoms. The molecule has 1 N–H and O–H groups in total. The van der Waals surface area contributed by atoms with Crippen molar-refractivity contribution >= 4 is 5.69 Å². The second-order valence-electron chi connectivity index (χ2n) is 7.84. The van der Waals surface area contributed by atoms with Crippen LogP contribution in [0.4, 0.5) is 5.69 Å². The molecule has 0 amide bonds. The van der Waals surface area contributed by atoms with Gasteiger partial charge < -0.3 is 5.32 Å². The van der Waals surface area contributed by atoms with E-state index >= 15 is 0 Å². The summed E-state index contributed by atoms with van der Waals surface area (Å²) >= 11 is 0. The van der Waals surface area contributed by atoms with E-state index in [0.29, 0.717) is 11.5 Å². The highest BCUT2D eigenvalue weighted by Gasteiger charge is 2.53. The molecule has 0 saturated heterocycles. The molecule has 4 aliphatic carbocycles. The minimum absolute atomic E-state index is 0.566. The first-order valence-corrected chi connectivity index (χ1v) is 8.32. The van der Waals surface area contributed by atoms with Gasteiger partial charge in [0.25, 0.3) is 0 Å². The summed E-state index contributed by atoms with van der Waals surface area (Å²) in [4.78, 5) is 4.28. The fourth-order valence-electron chi connectivity index (χ4n) is 5.71. The van der Waals surface area contributed by atoms with Crippen molar-refractivity contribution in [2.75, 3.05) is 5.32 Å². The van der Waals surface area contributed by atoms with Crippen LogP contribution in [0.25, 0.3) is 0 Å². The Balaban J connectivity index is 1.56. The van der Waals surface area contributed by atoms with Crippen LogP contribution in [0.1, 0.15) is 51.0 Å². The Morgan fingerprint density at radius 3 is 2.30 bits per heavy atom. The molecule has 1 atom stereocenters. The topological polar surface area (TPSA) is 24.9 Å². The summed E-state index contributed by atoms with van der Waals surface area (Å²) < 4.78 is 0. The van der Waals surface area contributed by atoms with Crippen LogP contribution in [-0.2, 0) is 0 Å². The molecule has 1 unspecified atom stereocenters. The van der Waals surface area contributed by atoms with Crippen LogP contribution in [-0.4, -0.2) is 11.0 Å². The Morgan fingerprint density at radius 1 is 1.15 bits per heavy atom. The number of hydrogen-bond acceptors (Lipinski definition) is 2. The van der Waals surface area contributed by atoms with E-state index in [-0.39, 0.29) is 0 Å². The predicted octanol–water partition coefficient (Wildman–Crippen LogP) is 4.41. The molecule has 2 nitrogen and oxygen atoms in total. The lowest BCUT2D eigenvalue weighted by molar-refractivity contribution is -0.0602. The highest BCUT2D eigenvalue weighted by molar-refractivity contribution is 5.49. The fraction of sp³-hybridized carbons (Fsp3) is 0.722. The van der Waals surface area contributed by atoms with Gasteiger partial charge in [0, 0.05) is 12.2 Å². The molecule has 4 bridgehead atoms. The summed E-state index contributed by atoms with van der Waals surface area (Å²) in [6.07, 6.45) is 12.8. The first kappa shape index (κ1) is 12.7. The minimum atomic E-state index is 0.566. The Kier molecular flexibility index (Phi) is 2.84. The van der Waals surface area contributed by atoms with Gasteiger partial charge in [-0.1, -0.05) is 0 Å². The van der Waals surface area contributed by atoms with Crippen LogP contribution in [0, 0.1) is 30.1 Å². The monoisotopic (exact) mass is 270 g/mol. The van der Waals surface area contributed by atoms with Crippen LogP contribution in [0.2, 0.25) is 0 Å². The van der Waals surface area contributed by atoms with Crippen molar-refractivity contribution in [3.8, 4) is 0 Å². The second kappa shape index (κ2) is 4.47. The quantitative estimate of drug-likeness (QED) is 0.880. The Hall–Kier alpha value is -1.05. The number of rotatable bonds is 3. The maximum atomic E-state index is 4.28. The van der Waals surface area contributed by atoms with Crippen molar-refractivity contribution in [2.45, 2.75) is 58.4 Å². The number of pyridine rings is 1. The number of nitrogens with zero attached hydrogens (tertiary/aromatic N) is 1. The van der Waals surface area contributed by atoms with Gasteiger partial charge in [-0.25, -0.2) is 0 Å². The van der Waals surface area contributed by atoms with Crippen molar-refractivity contribution in [1.29, 1.82) is 0 Å². The van der Waals surface area contributed by atoms with Crippen molar-refractivity contribution < 1.29 is 0 Å². The van der Waals surface area contributed by atoms with E-state index in [0.717, 1.165) is 17.8 Å². The molecule has 4 saturated carbocycles. The van der Waals surface area contributed by atoms with Gasteiger partial charge in [-0.05, 0) is 87.2 Å². The van der Waals surface area contributed by atoms with Crippen molar-refractivity contribution in [1.82, 2.24) is 4.98 Å². The van der Waals surface area contributed by atoms with E-state index in [2.05, 4.69) is 30.2 Å². The molecule has 1 aromatic heterocycles. The van der Waals surface area contributed by atoms with Crippen molar-refractivity contribution in [3.05, 3.63) is 24.0 Å². The van der Waals surface area contributed by atoms with E-state index in [1.807, 2.05) is 12.4 Å². The van der Waals surface area contributed by atoms with Crippen LogP contribution >= 0.6 is 0 Å². The lowest BCUT2D eigenvalue weighted by Crippen LogP contribution is -2.52. The number of aromatic nitrogens is 1. The van der Waals surface area contributed by atoms with Gasteiger partial charge in [0.15, 0.2) is 0 Å². The summed E-state index contributed by atoms with van der Waals surface area (Å²) in [5.41, 5.74) is 3.11. The zero-order valence-electron chi connectivity index (χ0n) is 12.7. The summed E-state index contributed by atoms with van der Waals surface area (Å²) in [7, 11) is 0. The molecule has 0 aromatic carbocycles. The average molecular weight is 270 g/mol. The molecular weight excluding hydrogens is 244 g/mol. The lowest BCUT2D eigenvalue weighted by Gasteiger charge is -2.59. The molecule has 2 heteroatoms. The van der Waals surface area contributed by atoms with Gasteiger partial charge in [0.05, 0.1) is 11.9 Å². The number of anilines is 1. The van der Waals surface area contributed by atoms with Gasteiger partial charge in [0.2, 0.25) is 0 Å². The molecule has 0 radical (unpaired) electrons. The number of nitrogens with one attached hydrogen (secondary N) is 1. The molecule has 1 aromatic rings. The lowest BCUT2D eigenvalue weighted by atomic mass is 9.48. The molecular formula is C18H26N2. The molecule has 108 valence electrons. The number of aryl methyl sites for hydroxylation is 1. The van der Waals surface area contributed by atoms with Gasteiger partial charge in [-0.2, -0.15) is 0 Å². The largest absolute Gasteiger partial charge is 0.381 e. The molecule has 4 aliphatic rings. The second-order valence-corrected chi connectivity index (χ2v) is 7.84. The normalized spacial score (nSPS) is 39.8. The van der Waals surface area contributed by atoms with Gasteiger partial charge in [-0.15, -0.1) is 0 Å². The van der Waals surface area contributed by atoms with E-state index < -0.39 is 0 Å². The molecule has 0 spiro atoms. The first-order chi connectivity index (χ1) is 9.64. The van der Waals surface area contributed by atoms with Crippen LogP contribution < -0.4 is 5.32 Å². The molecule has 0 aliphatic heterocycles. The zero-order chi connectivity index (χ0) is 13.7. The Labute approximate surface area is 122 Å². The van der Waals surface area contributed by atoms with E-state index in [4.69, 9.17) is 0 Å². The highest BCUT2D eigenvalue weighted by Crippen LogP contribution is 2.61. The average Bonchev–Trinajstić information content (AvgIpc) is 2.40. The first-order valence-electron chi connectivity index (χ1n) is 8.32. The third-order valence-corrected chi connectivity index (χ3v) is 6.42. The van der Waals surface area contributed by atoms with Crippen molar-refractivity contribution in [2.24, 2.45) is 23.2 Å². The highest BCUT2D eigenvalue weighted by atomic mass is 15.0. The van der Waals surface area contributed by atoms with Crippen molar-refractivity contribution in [3.63, 3.8) is 0 Å². The Bertz CT molecular complexity index is 473. The maximum Gasteiger partial charge on any atom is 0.0558 e. The van der Waals surface area contributed by atoms with Crippen LogP contribution in [0.5, 0.6) is 0 Å². The summed E-state index contributed by atoms with van der Waals surface area (Å²) in [5.74, 6) is 3.08. The standard InChI is InChI=1S/C18H26N2/c1-12-3-4-19-11-17(12)20-13(2)18-8-14-5-15(9-18)7-16(6-14)10-18/h3-4,11,13-16,20H,5-10H2,1-2H3. The molecule has 5 rings (SSSR count). The van der Waals surface area contributed by atoms with E-state index in [9.17, 15) is 0 Å². The maximum absolute atomic E-state index is 4.28. The third kappa shape index (κ3) is 1.96. The van der Waals surface area contributed by atoms with Crippen LogP contribution in [0.15, 0.2) is 18.5 Å². The summed E-state index contributed by atoms with van der Waals surface area (Å²) in [6.45, 7) is 4.59.